The zero-order chi connectivity index (χ0) is 21.1. The van der Waals surface area contributed by atoms with Crippen molar-refractivity contribution in [2.45, 2.75) is 19.3 Å². The SMILES string of the molecule is COc1ccc(CCN2C(=O)C(c3cccs3)=C(N3CCCC(CO)C3)C2=O)cc1. The topological polar surface area (TPSA) is 70.1 Å². The molecular formula is C23H26N2O4S. The van der Waals surface area contributed by atoms with Crippen LogP contribution in [0.3, 0.4) is 0 Å². The lowest BCUT2D eigenvalue weighted by Crippen LogP contribution is -2.41. The number of likely N-dealkylation sites (tertiary alicyclic amines) is 1. The second kappa shape index (κ2) is 9.02. The number of rotatable bonds is 7. The van der Waals surface area contributed by atoms with Crippen LogP contribution in [-0.2, 0) is 16.0 Å². The quantitative estimate of drug-likeness (QED) is 0.690. The molecule has 2 aliphatic rings. The van der Waals surface area contributed by atoms with Crippen LogP contribution in [0.5, 0.6) is 5.75 Å². The van der Waals surface area contributed by atoms with Gasteiger partial charge in [-0.15, -0.1) is 11.3 Å². The van der Waals surface area contributed by atoms with Crippen molar-refractivity contribution < 1.29 is 19.4 Å². The van der Waals surface area contributed by atoms with Gasteiger partial charge in [0.2, 0.25) is 0 Å². The fraction of sp³-hybridized carbons (Fsp3) is 0.391. The molecule has 1 atom stereocenters. The Hall–Kier alpha value is -2.64. The molecule has 1 saturated heterocycles. The number of aliphatic hydroxyl groups excluding tert-OH is 1. The molecular weight excluding hydrogens is 400 g/mol. The van der Waals surface area contributed by atoms with E-state index in [0.29, 0.717) is 30.8 Å². The molecule has 6 nitrogen and oxygen atoms in total. The van der Waals surface area contributed by atoms with E-state index in [9.17, 15) is 14.7 Å². The highest BCUT2D eigenvalue weighted by Crippen LogP contribution is 2.35. The molecule has 0 saturated carbocycles. The fourth-order valence-corrected chi connectivity index (χ4v) is 4.92. The van der Waals surface area contributed by atoms with Gasteiger partial charge in [0.1, 0.15) is 11.4 Å². The third kappa shape index (κ3) is 4.00. The first-order chi connectivity index (χ1) is 14.6. The summed E-state index contributed by atoms with van der Waals surface area (Å²) in [7, 11) is 1.62. The van der Waals surface area contributed by atoms with Crippen molar-refractivity contribution >= 4 is 28.7 Å². The number of imide groups is 1. The highest BCUT2D eigenvalue weighted by atomic mass is 32.1. The minimum absolute atomic E-state index is 0.0986. The van der Waals surface area contributed by atoms with Gasteiger partial charge in [-0.1, -0.05) is 18.2 Å². The van der Waals surface area contributed by atoms with Gasteiger partial charge in [0, 0.05) is 31.1 Å². The van der Waals surface area contributed by atoms with Crippen molar-refractivity contribution in [3.63, 3.8) is 0 Å². The summed E-state index contributed by atoms with van der Waals surface area (Å²) in [5.41, 5.74) is 2.04. The van der Waals surface area contributed by atoms with Crippen LogP contribution in [0.4, 0.5) is 0 Å². The number of methoxy groups -OCH3 is 1. The van der Waals surface area contributed by atoms with Crippen LogP contribution in [0, 0.1) is 5.92 Å². The highest BCUT2D eigenvalue weighted by Gasteiger charge is 2.42. The summed E-state index contributed by atoms with van der Waals surface area (Å²) in [6.07, 6.45) is 2.43. The lowest BCUT2D eigenvalue weighted by atomic mass is 9.98. The highest BCUT2D eigenvalue weighted by molar-refractivity contribution is 7.11. The van der Waals surface area contributed by atoms with Crippen LogP contribution < -0.4 is 4.74 Å². The second-order valence-corrected chi connectivity index (χ2v) is 8.65. The zero-order valence-corrected chi connectivity index (χ0v) is 17.9. The Balaban J connectivity index is 1.58. The Morgan fingerprint density at radius 2 is 1.97 bits per heavy atom. The van der Waals surface area contributed by atoms with Gasteiger partial charge in [-0.3, -0.25) is 14.5 Å². The van der Waals surface area contributed by atoms with Gasteiger partial charge in [-0.05, 0) is 54.3 Å². The summed E-state index contributed by atoms with van der Waals surface area (Å²) in [5, 5.41) is 11.5. The second-order valence-electron chi connectivity index (χ2n) is 7.70. The molecule has 1 aromatic carbocycles. The van der Waals surface area contributed by atoms with Gasteiger partial charge in [-0.25, -0.2) is 0 Å². The van der Waals surface area contributed by atoms with Crippen LogP contribution in [0.15, 0.2) is 47.5 Å². The number of benzene rings is 1. The molecule has 1 unspecified atom stereocenters. The summed E-state index contributed by atoms with van der Waals surface area (Å²) >= 11 is 1.47. The smallest absolute Gasteiger partial charge is 0.277 e. The van der Waals surface area contributed by atoms with E-state index in [1.54, 1.807) is 7.11 Å². The molecule has 0 radical (unpaired) electrons. The summed E-state index contributed by atoms with van der Waals surface area (Å²) in [5.74, 6) is 0.458. The number of thiophene rings is 1. The number of ether oxygens (including phenoxy) is 1. The average Bonchev–Trinajstić information content (AvgIpc) is 3.39. The van der Waals surface area contributed by atoms with Gasteiger partial charge in [0.15, 0.2) is 0 Å². The normalized spacial score (nSPS) is 19.7. The Kier molecular flexibility index (Phi) is 6.20. The van der Waals surface area contributed by atoms with Gasteiger partial charge >= 0.3 is 0 Å². The van der Waals surface area contributed by atoms with Crippen LogP contribution in [0.2, 0.25) is 0 Å². The van der Waals surface area contributed by atoms with Crippen molar-refractivity contribution in [2.24, 2.45) is 5.92 Å². The Bertz CT molecular complexity index is 937. The third-order valence-electron chi connectivity index (χ3n) is 5.79. The van der Waals surface area contributed by atoms with E-state index in [0.717, 1.165) is 35.6 Å². The van der Waals surface area contributed by atoms with E-state index >= 15 is 0 Å². The molecule has 30 heavy (non-hydrogen) atoms. The molecule has 4 rings (SSSR count). The Morgan fingerprint density at radius 3 is 2.63 bits per heavy atom. The summed E-state index contributed by atoms with van der Waals surface area (Å²) in [6.45, 7) is 1.76. The number of piperidine rings is 1. The van der Waals surface area contributed by atoms with Crippen molar-refractivity contribution in [3.05, 3.63) is 57.9 Å². The molecule has 1 fully saturated rings. The average molecular weight is 427 g/mol. The molecule has 0 bridgehead atoms. The predicted molar refractivity (Wildman–Crippen MR) is 116 cm³/mol. The van der Waals surface area contributed by atoms with E-state index in [2.05, 4.69) is 0 Å². The zero-order valence-electron chi connectivity index (χ0n) is 17.0. The molecule has 1 aromatic heterocycles. The fourth-order valence-electron chi connectivity index (χ4n) is 4.15. The van der Waals surface area contributed by atoms with Crippen molar-refractivity contribution in [1.29, 1.82) is 0 Å². The summed E-state index contributed by atoms with van der Waals surface area (Å²) < 4.78 is 5.19. The molecule has 158 valence electrons. The molecule has 2 amide bonds. The standard InChI is InChI=1S/C23H26N2O4S/c1-29-18-8-6-16(7-9-18)10-12-25-22(27)20(19-5-3-13-30-19)21(23(25)28)24-11-2-4-17(14-24)15-26/h3,5-9,13,17,26H,2,4,10-12,14-15H2,1H3. The van der Waals surface area contributed by atoms with Crippen LogP contribution >= 0.6 is 11.3 Å². The van der Waals surface area contributed by atoms with E-state index in [1.165, 1.54) is 16.2 Å². The lowest BCUT2D eigenvalue weighted by molar-refractivity contribution is -0.137. The van der Waals surface area contributed by atoms with E-state index in [1.807, 2.05) is 46.7 Å². The number of carbonyl (C=O) groups is 2. The maximum absolute atomic E-state index is 13.4. The van der Waals surface area contributed by atoms with Crippen molar-refractivity contribution in [3.8, 4) is 5.75 Å². The predicted octanol–water partition coefficient (Wildman–Crippen LogP) is 2.78. The summed E-state index contributed by atoms with van der Waals surface area (Å²) in [4.78, 5) is 30.9. The number of hydrogen-bond acceptors (Lipinski definition) is 6. The Morgan fingerprint density at radius 1 is 1.17 bits per heavy atom. The molecule has 0 spiro atoms. The molecule has 1 N–H and O–H groups in total. The molecule has 7 heteroatoms. The first kappa shape index (κ1) is 20.6. The maximum atomic E-state index is 13.4. The molecule has 2 aliphatic heterocycles. The van der Waals surface area contributed by atoms with Gasteiger partial charge < -0.3 is 14.7 Å². The number of hydrogen-bond donors (Lipinski definition) is 1. The van der Waals surface area contributed by atoms with Crippen molar-refractivity contribution in [2.75, 3.05) is 33.4 Å². The van der Waals surface area contributed by atoms with Crippen LogP contribution in [0.1, 0.15) is 23.3 Å². The van der Waals surface area contributed by atoms with Crippen LogP contribution in [-0.4, -0.2) is 60.1 Å². The first-order valence-corrected chi connectivity index (χ1v) is 11.1. The minimum Gasteiger partial charge on any atom is -0.497 e. The first-order valence-electron chi connectivity index (χ1n) is 10.3. The molecule has 3 heterocycles. The maximum Gasteiger partial charge on any atom is 0.277 e. The van der Waals surface area contributed by atoms with E-state index in [4.69, 9.17) is 4.74 Å². The number of carbonyl (C=O) groups excluding carboxylic acids is 2. The largest absolute Gasteiger partial charge is 0.497 e. The Labute approximate surface area is 180 Å². The lowest BCUT2D eigenvalue weighted by Gasteiger charge is -2.34. The van der Waals surface area contributed by atoms with Gasteiger partial charge in [-0.2, -0.15) is 0 Å². The number of amides is 2. The number of nitrogens with zero attached hydrogens (tertiary/aromatic N) is 2. The van der Waals surface area contributed by atoms with Crippen LogP contribution in [0.25, 0.3) is 5.57 Å². The van der Waals surface area contributed by atoms with Crippen molar-refractivity contribution in [1.82, 2.24) is 9.80 Å². The van der Waals surface area contributed by atoms with Gasteiger partial charge in [0.25, 0.3) is 11.8 Å². The van der Waals surface area contributed by atoms with E-state index < -0.39 is 0 Å². The van der Waals surface area contributed by atoms with E-state index in [-0.39, 0.29) is 24.3 Å². The minimum atomic E-state index is -0.226. The monoisotopic (exact) mass is 426 g/mol. The molecule has 0 aliphatic carbocycles. The molecule has 2 aromatic rings. The van der Waals surface area contributed by atoms with Gasteiger partial charge in [0.05, 0.1) is 12.7 Å². The number of aliphatic hydroxyl groups is 1. The third-order valence-corrected chi connectivity index (χ3v) is 6.68. The summed E-state index contributed by atoms with van der Waals surface area (Å²) in [6, 6.07) is 11.5.